The summed E-state index contributed by atoms with van der Waals surface area (Å²) in [6.07, 6.45) is 6.54. The lowest BCUT2D eigenvalue weighted by Crippen LogP contribution is -2.61. The molecule has 6 nitrogen and oxygen atoms in total. The Morgan fingerprint density at radius 1 is 1.04 bits per heavy atom. The number of amides is 3. The van der Waals surface area contributed by atoms with E-state index in [2.05, 4.69) is 5.32 Å². The van der Waals surface area contributed by atoms with E-state index in [1.54, 1.807) is 4.90 Å². The summed E-state index contributed by atoms with van der Waals surface area (Å²) < 4.78 is 5.40. The van der Waals surface area contributed by atoms with E-state index < -0.39 is 5.60 Å². The molecule has 3 amide bonds. The van der Waals surface area contributed by atoms with Crippen LogP contribution in [0.3, 0.4) is 0 Å². The highest BCUT2D eigenvalue weighted by Crippen LogP contribution is 2.45. The molecule has 0 bridgehead atoms. The number of carbonyl (C=O) groups excluding carboxylic acids is 2. The molecule has 24 heavy (non-hydrogen) atoms. The molecule has 1 N–H and O–H groups in total. The van der Waals surface area contributed by atoms with Crippen LogP contribution in [0.25, 0.3) is 0 Å². The molecule has 1 spiro atoms. The summed E-state index contributed by atoms with van der Waals surface area (Å²) >= 11 is 0. The number of piperidine rings is 1. The van der Waals surface area contributed by atoms with Crippen LogP contribution in [0.1, 0.15) is 59.3 Å². The first-order valence-corrected chi connectivity index (χ1v) is 9.30. The predicted octanol–water partition coefficient (Wildman–Crippen LogP) is 2.97. The van der Waals surface area contributed by atoms with Crippen LogP contribution in [0.5, 0.6) is 0 Å². The molecule has 0 atom stereocenters. The van der Waals surface area contributed by atoms with Gasteiger partial charge in [-0.05, 0) is 46.5 Å². The predicted molar refractivity (Wildman–Crippen MR) is 91.8 cm³/mol. The number of urea groups is 1. The van der Waals surface area contributed by atoms with Gasteiger partial charge in [-0.2, -0.15) is 0 Å². The molecule has 0 unspecified atom stereocenters. The second kappa shape index (κ2) is 6.45. The summed E-state index contributed by atoms with van der Waals surface area (Å²) in [6, 6.07) is 0.236. The number of nitrogens with zero attached hydrogens (tertiary/aromatic N) is 2. The first-order chi connectivity index (χ1) is 11.3. The fraction of sp³-hybridized carbons (Fsp3) is 0.889. The largest absolute Gasteiger partial charge is 0.444 e. The highest BCUT2D eigenvalue weighted by atomic mass is 16.6. The van der Waals surface area contributed by atoms with E-state index in [1.807, 2.05) is 25.7 Å². The standard InChI is InChI=1S/C18H31N3O3/c1-17(2,3)24-16(23)20-10-6-14(7-11-20)19-15(22)21-12-18(13-21)8-4-5-9-18/h14H,4-13H2,1-3H3,(H,19,22). The average Bonchev–Trinajstić information content (AvgIpc) is 2.94. The number of hydrogen-bond donors (Lipinski definition) is 1. The average molecular weight is 337 g/mol. The van der Waals surface area contributed by atoms with Crippen molar-refractivity contribution in [3.8, 4) is 0 Å². The van der Waals surface area contributed by atoms with Crippen molar-refractivity contribution in [3.05, 3.63) is 0 Å². The lowest BCUT2D eigenvalue weighted by Gasteiger charge is -2.48. The molecule has 136 valence electrons. The van der Waals surface area contributed by atoms with Gasteiger partial charge in [0.1, 0.15) is 5.60 Å². The minimum absolute atomic E-state index is 0.0724. The molecule has 0 aromatic heterocycles. The first-order valence-electron chi connectivity index (χ1n) is 9.30. The summed E-state index contributed by atoms with van der Waals surface area (Å²) in [4.78, 5) is 28.1. The summed E-state index contributed by atoms with van der Waals surface area (Å²) in [6.45, 7) is 8.77. The van der Waals surface area contributed by atoms with Gasteiger partial charge >= 0.3 is 12.1 Å². The van der Waals surface area contributed by atoms with E-state index in [9.17, 15) is 9.59 Å². The summed E-state index contributed by atoms with van der Waals surface area (Å²) in [7, 11) is 0. The molecule has 1 saturated carbocycles. The Hall–Kier alpha value is -1.46. The maximum atomic E-state index is 12.3. The zero-order valence-electron chi connectivity index (χ0n) is 15.3. The molecule has 3 rings (SSSR count). The van der Waals surface area contributed by atoms with Crippen molar-refractivity contribution < 1.29 is 14.3 Å². The highest BCUT2D eigenvalue weighted by molar-refractivity contribution is 5.75. The number of rotatable bonds is 1. The number of hydrogen-bond acceptors (Lipinski definition) is 3. The van der Waals surface area contributed by atoms with Gasteiger partial charge in [0.2, 0.25) is 0 Å². The van der Waals surface area contributed by atoms with E-state index in [-0.39, 0.29) is 18.2 Å². The van der Waals surface area contributed by atoms with Crippen molar-refractivity contribution in [1.82, 2.24) is 15.1 Å². The zero-order chi connectivity index (χ0) is 17.4. The SMILES string of the molecule is CC(C)(C)OC(=O)N1CCC(NC(=O)N2CC3(CCCC3)C2)CC1. The molecule has 0 aromatic carbocycles. The molecular formula is C18H31N3O3. The lowest BCUT2D eigenvalue weighted by molar-refractivity contribution is 0.0185. The molecule has 2 heterocycles. The monoisotopic (exact) mass is 337 g/mol. The van der Waals surface area contributed by atoms with E-state index >= 15 is 0 Å². The van der Waals surface area contributed by atoms with Crippen molar-refractivity contribution in [2.75, 3.05) is 26.2 Å². The maximum Gasteiger partial charge on any atom is 0.410 e. The third-order valence-electron chi connectivity index (χ3n) is 5.48. The molecule has 2 aliphatic heterocycles. The summed E-state index contributed by atoms with van der Waals surface area (Å²) in [5.41, 5.74) is -0.0206. The van der Waals surface area contributed by atoms with Gasteiger partial charge < -0.3 is 19.9 Å². The van der Waals surface area contributed by atoms with Crippen molar-refractivity contribution in [3.63, 3.8) is 0 Å². The van der Waals surface area contributed by atoms with E-state index in [0.717, 1.165) is 25.9 Å². The number of likely N-dealkylation sites (tertiary alicyclic amines) is 2. The number of ether oxygens (including phenoxy) is 1. The van der Waals surface area contributed by atoms with Crippen LogP contribution < -0.4 is 5.32 Å². The normalized spacial score (nSPS) is 24.0. The molecule has 2 saturated heterocycles. The molecule has 3 aliphatic rings. The van der Waals surface area contributed by atoms with Gasteiger partial charge in [-0.1, -0.05) is 12.8 Å². The van der Waals surface area contributed by atoms with Gasteiger partial charge in [0.05, 0.1) is 0 Å². The van der Waals surface area contributed by atoms with Crippen LogP contribution in [0.4, 0.5) is 9.59 Å². The van der Waals surface area contributed by atoms with Gasteiger partial charge in [-0.3, -0.25) is 0 Å². The smallest absolute Gasteiger partial charge is 0.410 e. The van der Waals surface area contributed by atoms with Gasteiger partial charge in [0.15, 0.2) is 0 Å². The highest BCUT2D eigenvalue weighted by Gasteiger charge is 2.46. The van der Waals surface area contributed by atoms with Crippen LogP contribution in [0.2, 0.25) is 0 Å². The molecule has 0 radical (unpaired) electrons. The first kappa shape index (κ1) is 17.4. The topological polar surface area (TPSA) is 61.9 Å². The van der Waals surface area contributed by atoms with Crippen LogP contribution >= 0.6 is 0 Å². The molecule has 1 aliphatic carbocycles. The minimum Gasteiger partial charge on any atom is -0.444 e. The zero-order valence-corrected chi connectivity index (χ0v) is 15.3. The minimum atomic E-state index is -0.462. The Kier molecular flexibility index (Phi) is 4.67. The fourth-order valence-corrected chi connectivity index (χ4v) is 4.15. The molecule has 6 heteroatoms. The van der Waals surface area contributed by atoms with Gasteiger partial charge in [-0.15, -0.1) is 0 Å². The lowest BCUT2D eigenvalue weighted by atomic mass is 9.78. The van der Waals surface area contributed by atoms with Gasteiger partial charge in [-0.25, -0.2) is 9.59 Å². The molecule has 0 aromatic rings. The molecule has 3 fully saturated rings. The van der Waals surface area contributed by atoms with E-state index in [1.165, 1.54) is 25.7 Å². The summed E-state index contributed by atoms with van der Waals surface area (Å²) in [5.74, 6) is 0. The van der Waals surface area contributed by atoms with Gasteiger partial charge in [0.25, 0.3) is 0 Å². The Bertz CT molecular complexity index is 478. The quantitative estimate of drug-likeness (QED) is 0.800. The third-order valence-corrected chi connectivity index (χ3v) is 5.48. The van der Waals surface area contributed by atoms with Crippen LogP contribution in [-0.2, 0) is 4.74 Å². The van der Waals surface area contributed by atoms with E-state index in [4.69, 9.17) is 4.74 Å². The Morgan fingerprint density at radius 2 is 1.62 bits per heavy atom. The van der Waals surface area contributed by atoms with Crippen molar-refractivity contribution in [2.24, 2.45) is 5.41 Å². The van der Waals surface area contributed by atoms with Crippen LogP contribution in [-0.4, -0.2) is 59.7 Å². The Morgan fingerprint density at radius 3 is 2.17 bits per heavy atom. The van der Waals surface area contributed by atoms with E-state index in [0.29, 0.717) is 18.5 Å². The fourth-order valence-electron chi connectivity index (χ4n) is 4.15. The number of carbonyl (C=O) groups is 2. The van der Waals surface area contributed by atoms with Crippen LogP contribution in [0, 0.1) is 5.41 Å². The Balaban J connectivity index is 1.38. The molecular weight excluding hydrogens is 306 g/mol. The van der Waals surface area contributed by atoms with Crippen molar-refractivity contribution in [2.45, 2.75) is 70.9 Å². The van der Waals surface area contributed by atoms with Gasteiger partial charge in [0, 0.05) is 37.6 Å². The van der Waals surface area contributed by atoms with Crippen molar-refractivity contribution in [1.29, 1.82) is 0 Å². The second-order valence-corrected chi connectivity index (χ2v) is 8.75. The third kappa shape index (κ3) is 3.95. The van der Waals surface area contributed by atoms with Crippen molar-refractivity contribution >= 4 is 12.1 Å². The summed E-state index contributed by atoms with van der Waals surface area (Å²) in [5, 5.41) is 3.14. The Labute approximate surface area is 144 Å². The van der Waals surface area contributed by atoms with Crippen LogP contribution in [0.15, 0.2) is 0 Å². The maximum absolute atomic E-state index is 12.3. The second-order valence-electron chi connectivity index (χ2n) is 8.75. The number of nitrogens with one attached hydrogen (secondary N) is 1.